The summed E-state index contributed by atoms with van der Waals surface area (Å²) in [4.78, 5) is 20.3. The first-order chi connectivity index (χ1) is 8.65. The molecule has 1 fully saturated rings. The van der Waals surface area contributed by atoms with Gasteiger partial charge in [0.05, 0.1) is 6.33 Å². The van der Waals surface area contributed by atoms with E-state index in [-0.39, 0.29) is 5.28 Å². The number of aromatic nitrogens is 4. The molecule has 1 atom stereocenters. The van der Waals surface area contributed by atoms with Crippen LogP contribution in [0.3, 0.4) is 0 Å². The van der Waals surface area contributed by atoms with E-state index in [1.807, 2.05) is 0 Å². The van der Waals surface area contributed by atoms with Gasteiger partial charge in [-0.2, -0.15) is 9.97 Å². The molecule has 0 bridgehead atoms. The number of hydrogen-bond donors (Lipinski definition) is 1. The zero-order valence-electron chi connectivity index (χ0n) is 10.4. The second kappa shape index (κ2) is 4.37. The van der Waals surface area contributed by atoms with Crippen molar-refractivity contribution in [2.75, 3.05) is 31.6 Å². The third kappa shape index (κ3) is 1.91. The molecular formula is C11H15ClN6. The van der Waals surface area contributed by atoms with Crippen molar-refractivity contribution in [1.29, 1.82) is 0 Å². The maximum Gasteiger partial charge on any atom is 0.226 e. The predicted octanol–water partition coefficient (Wildman–Crippen LogP) is 1.15. The SMILES string of the molecule is CC1CN(C)CCN1c1nc(Cl)nc2nc[nH]c12. The fourth-order valence-corrected chi connectivity index (χ4v) is 2.61. The van der Waals surface area contributed by atoms with Crippen molar-refractivity contribution in [3.63, 3.8) is 0 Å². The Balaban J connectivity index is 2.05. The summed E-state index contributed by atoms with van der Waals surface area (Å²) in [6, 6.07) is 0.390. The van der Waals surface area contributed by atoms with Crippen molar-refractivity contribution in [3.05, 3.63) is 11.6 Å². The number of anilines is 1. The fraction of sp³-hybridized carbons (Fsp3) is 0.545. The first-order valence-electron chi connectivity index (χ1n) is 5.97. The lowest BCUT2D eigenvalue weighted by atomic mass is 10.2. The number of hydrogen-bond acceptors (Lipinski definition) is 5. The van der Waals surface area contributed by atoms with E-state index < -0.39 is 0 Å². The van der Waals surface area contributed by atoms with Crippen LogP contribution in [0.4, 0.5) is 5.82 Å². The highest BCUT2D eigenvalue weighted by atomic mass is 35.5. The average molecular weight is 267 g/mol. The van der Waals surface area contributed by atoms with Gasteiger partial charge in [0.25, 0.3) is 0 Å². The summed E-state index contributed by atoms with van der Waals surface area (Å²) in [7, 11) is 2.13. The van der Waals surface area contributed by atoms with Crippen LogP contribution < -0.4 is 4.90 Å². The van der Waals surface area contributed by atoms with Crippen molar-refractivity contribution < 1.29 is 0 Å². The topological polar surface area (TPSA) is 60.9 Å². The van der Waals surface area contributed by atoms with Crippen LogP contribution in [0.25, 0.3) is 11.2 Å². The lowest BCUT2D eigenvalue weighted by molar-refractivity contribution is 0.275. The lowest BCUT2D eigenvalue weighted by Crippen LogP contribution is -2.51. The maximum absolute atomic E-state index is 5.96. The van der Waals surface area contributed by atoms with E-state index in [2.05, 4.69) is 43.7 Å². The standard InChI is InChI=1S/C11H15ClN6/c1-7-5-17(2)3-4-18(7)10-8-9(14-6-13-8)15-11(12)16-10/h6-7H,3-5H2,1-2H3,(H,13,14,15,16). The summed E-state index contributed by atoms with van der Waals surface area (Å²) < 4.78 is 0. The van der Waals surface area contributed by atoms with E-state index in [1.54, 1.807) is 6.33 Å². The van der Waals surface area contributed by atoms with Crippen LogP contribution in [0.15, 0.2) is 6.33 Å². The number of fused-ring (bicyclic) bond motifs is 1. The second-order valence-electron chi connectivity index (χ2n) is 4.72. The molecule has 7 heteroatoms. The number of rotatable bonds is 1. The number of halogens is 1. The molecule has 0 radical (unpaired) electrons. The van der Waals surface area contributed by atoms with Gasteiger partial charge in [0.2, 0.25) is 5.28 Å². The molecule has 18 heavy (non-hydrogen) atoms. The van der Waals surface area contributed by atoms with E-state index in [9.17, 15) is 0 Å². The summed E-state index contributed by atoms with van der Waals surface area (Å²) in [5.41, 5.74) is 1.48. The molecule has 1 saturated heterocycles. The Hall–Kier alpha value is -1.40. The van der Waals surface area contributed by atoms with Gasteiger partial charge in [-0.25, -0.2) is 4.98 Å². The highest BCUT2D eigenvalue weighted by Crippen LogP contribution is 2.25. The van der Waals surface area contributed by atoms with E-state index in [0.29, 0.717) is 11.7 Å². The lowest BCUT2D eigenvalue weighted by Gasteiger charge is -2.39. The zero-order valence-corrected chi connectivity index (χ0v) is 11.1. The van der Waals surface area contributed by atoms with Crippen LogP contribution in [-0.4, -0.2) is 57.6 Å². The molecule has 1 N–H and O–H groups in total. The number of aromatic amines is 1. The van der Waals surface area contributed by atoms with Gasteiger partial charge in [0.15, 0.2) is 11.5 Å². The molecule has 3 heterocycles. The fourth-order valence-electron chi connectivity index (χ4n) is 2.45. The van der Waals surface area contributed by atoms with E-state index >= 15 is 0 Å². The molecule has 0 spiro atoms. The van der Waals surface area contributed by atoms with Crippen LogP contribution >= 0.6 is 11.6 Å². The first kappa shape index (κ1) is 11.7. The quantitative estimate of drug-likeness (QED) is 0.785. The van der Waals surface area contributed by atoms with Crippen LogP contribution in [0.2, 0.25) is 5.28 Å². The van der Waals surface area contributed by atoms with Crippen molar-refractivity contribution in [3.8, 4) is 0 Å². The van der Waals surface area contributed by atoms with Crippen molar-refractivity contribution in [2.24, 2.45) is 0 Å². The number of likely N-dealkylation sites (N-methyl/N-ethyl adjacent to an activating group) is 1. The monoisotopic (exact) mass is 266 g/mol. The van der Waals surface area contributed by atoms with Crippen molar-refractivity contribution in [1.82, 2.24) is 24.8 Å². The smallest absolute Gasteiger partial charge is 0.226 e. The number of imidazole rings is 1. The highest BCUT2D eigenvalue weighted by Gasteiger charge is 2.25. The summed E-state index contributed by atoms with van der Waals surface area (Å²) in [6.07, 6.45) is 1.62. The van der Waals surface area contributed by atoms with Crippen LogP contribution in [0.1, 0.15) is 6.92 Å². The van der Waals surface area contributed by atoms with Crippen molar-refractivity contribution in [2.45, 2.75) is 13.0 Å². The summed E-state index contributed by atoms with van der Waals surface area (Å²) in [5, 5.41) is 0.246. The van der Waals surface area contributed by atoms with Gasteiger partial charge < -0.3 is 14.8 Å². The molecule has 6 nitrogen and oxygen atoms in total. The molecule has 96 valence electrons. The predicted molar refractivity (Wildman–Crippen MR) is 71.0 cm³/mol. The van der Waals surface area contributed by atoms with Crippen LogP contribution in [-0.2, 0) is 0 Å². The summed E-state index contributed by atoms with van der Waals surface area (Å²) in [6.45, 7) is 5.14. The average Bonchev–Trinajstić information content (AvgIpc) is 2.76. The molecule has 1 unspecified atom stereocenters. The molecule has 1 aliphatic heterocycles. The van der Waals surface area contributed by atoms with Gasteiger partial charge in [-0.1, -0.05) is 0 Å². The third-order valence-corrected chi connectivity index (χ3v) is 3.51. The molecule has 0 aromatic carbocycles. The molecule has 2 aromatic heterocycles. The largest absolute Gasteiger partial charge is 0.349 e. The van der Waals surface area contributed by atoms with E-state index in [4.69, 9.17) is 11.6 Å². The zero-order chi connectivity index (χ0) is 12.7. The van der Waals surface area contributed by atoms with Crippen LogP contribution in [0, 0.1) is 0 Å². The molecular weight excluding hydrogens is 252 g/mol. The summed E-state index contributed by atoms with van der Waals surface area (Å²) in [5.74, 6) is 0.850. The van der Waals surface area contributed by atoms with Gasteiger partial charge in [0, 0.05) is 25.7 Å². The molecule has 0 aliphatic carbocycles. The maximum atomic E-state index is 5.96. The Bertz CT molecular complexity index is 568. The van der Waals surface area contributed by atoms with E-state index in [1.165, 1.54) is 0 Å². The van der Waals surface area contributed by atoms with Gasteiger partial charge >= 0.3 is 0 Å². The van der Waals surface area contributed by atoms with Crippen molar-refractivity contribution >= 4 is 28.6 Å². The number of nitrogens with one attached hydrogen (secondary N) is 1. The first-order valence-corrected chi connectivity index (χ1v) is 6.35. The van der Waals surface area contributed by atoms with Gasteiger partial charge in [0.1, 0.15) is 5.52 Å². The van der Waals surface area contributed by atoms with E-state index in [0.717, 1.165) is 31.0 Å². The Labute approximate surface area is 110 Å². The number of H-pyrrole nitrogens is 1. The Morgan fingerprint density at radius 3 is 3.00 bits per heavy atom. The molecule has 3 rings (SSSR count). The second-order valence-corrected chi connectivity index (χ2v) is 5.06. The van der Waals surface area contributed by atoms with Gasteiger partial charge in [-0.3, -0.25) is 0 Å². The molecule has 2 aromatic rings. The molecule has 0 saturated carbocycles. The van der Waals surface area contributed by atoms with Gasteiger partial charge in [-0.15, -0.1) is 0 Å². The molecule has 1 aliphatic rings. The van der Waals surface area contributed by atoms with Crippen LogP contribution in [0.5, 0.6) is 0 Å². The minimum atomic E-state index is 0.246. The Morgan fingerprint density at radius 2 is 2.22 bits per heavy atom. The normalized spacial score (nSPS) is 21.7. The van der Waals surface area contributed by atoms with Gasteiger partial charge in [-0.05, 0) is 25.6 Å². The third-order valence-electron chi connectivity index (χ3n) is 3.34. The summed E-state index contributed by atoms with van der Waals surface area (Å²) >= 11 is 5.96. The minimum absolute atomic E-state index is 0.246. The molecule has 0 amide bonds. The minimum Gasteiger partial charge on any atom is -0.349 e. The highest BCUT2D eigenvalue weighted by molar-refractivity contribution is 6.28. The number of piperazine rings is 1. The number of nitrogens with zero attached hydrogens (tertiary/aromatic N) is 5. The Kier molecular flexibility index (Phi) is 2.83. The Morgan fingerprint density at radius 1 is 1.39 bits per heavy atom.